The van der Waals surface area contributed by atoms with Crippen molar-refractivity contribution in [1.29, 1.82) is 0 Å². The molecular formula is C12H16N2O2. The highest BCUT2D eigenvalue weighted by atomic mass is 16.3. The highest BCUT2D eigenvalue weighted by Gasteiger charge is 2.34. The first-order chi connectivity index (χ1) is 7.48. The van der Waals surface area contributed by atoms with Crippen LogP contribution in [0.5, 0.6) is 0 Å². The van der Waals surface area contributed by atoms with Gasteiger partial charge in [0.15, 0.2) is 0 Å². The molecule has 0 spiro atoms. The Morgan fingerprint density at radius 2 is 2.31 bits per heavy atom. The summed E-state index contributed by atoms with van der Waals surface area (Å²) >= 11 is 0. The normalized spacial score (nSPS) is 24.8. The molecule has 1 N–H and O–H groups in total. The van der Waals surface area contributed by atoms with Crippen molar-refractivity contribution in [2.75, 3.05) is 13.1 Å². The first-order valence-electron chi connectivity index (χ1n) is 5.43. The van der Waals surface area contributed by atoms with Gasteiger partial charge >= 0.3 is 0 Å². The van der Waals surface area contributed by atoms with E-state index >= 15 is 0 Å². The quantitative estimate of drug-likeness (QED) is 0.767. The van der Waals surface area contributed by atoms with E-state index in [0.29, 0.717) is 25.2 Å². The Kier molecular flexibility index (Phi) is 2.68. The smallest absolute Gasteiger partial charge is 0.272 e. The van der Waals surface area contributed by atoms with E-state index in [-0.39, 0.29) is 5.91 Å². The molecule has 2 heterocycles. The van der Waals surface area contributed by atoms with Crippen molar-refractivity contribution < 1.29 is 9.90 Å². The van der Waals surface area contributed by atoms with Gasteiger partial charge < -0.3 is 10.0 Å². The molecule has 4 heteroatoms. The predicted molar refractivity (Wildman–Crippen MR) is 60.1 cm³/mol. The molecule has 2 rings (SSSR count). The Morgan fingerprint density at radius 1 is 1.56 bits per heavy atom. The van der Waals surface area contributed by atoms with E-state index in [4.69, 9.17) is 0 Å². The van der Waals surface area contributed by atoms with Crippen LogP contribution in [0.3, 0.4) is 0 Å². The fraction of sp³-hybridized carbons (Fsp3) is 0.500. The van der Waals surface area contributed by atoms with E-state index < -0.39 is 5.60 Å². The third-order valence-electron chi connectivity index (χ3n) is 2.85. The first-order valence-corrected chi connectivity index (χ1v) is 5.43. The number of pyridine rings is 1. The summed E-state index contributed by atoms with van der Waals surface area (Å²) in [5.74, 6) is -0.0959. The molecular weight excluding hydrogens is 204 g/mol. The number of hydrogen-bond acceptors (Lipinski definition) is 3. The van der Waals surface area contributed by atoms with Gasteiger partial charge in [-0.1, -0.05) is 6.07 Å². The summed E-state index contributed by atoms with van der Waals surface area (Å²) in [7, 11) is 0. The molecule has 0 bridgehead atoms. The zero-order valence-corrected chi connectivity index (χ0v) is 9.60. The zero-order valence-electron chi connectivity index (χ0n) is 9.60. The van der Waals surface area contributed by atoms with Crippen molar-refractivity contribution in [2.45, 2.75) is 25.9 Å². The van der Waals surface area contributed by atoms with Crippen LogP contribution in [0.2, 0.25) is 0 Å². The number of amides is 1. The van der Waals surface area contributed by atoms with Crippen LogP contribution in [-0.2, 0) is 0 Å². The highest BCUT2D eigenvalue weighted by Crippen LogP contribution is 2.21. The molecule has 1 amide bonds. The van der Waals surface area contributed by atoms with Gasteiger partial charge in [-0.3, -0.25) is 4.79 Å². The summed E-state index contributed by atoms with van der Waals surface area (Å²) < 4.78 is 0. The minimum Gasteiger partial charge on any atom is -0.388 e. The number of aryl methyl sites for hydroxylation is 1. The maximum Gasteiger partial charge on any atom is 0.272 e. The number of aromatic nitrogens is 1. The second-order valence-corrected chi connectivity index (χ2v) is 4.64. The summed E-state index contributed by atoms with van der Waals surface area (Å²) in [6.45, 7) is 4.60. The monoisotopic (exact) mass is 220 g/mol. The zero-order chi connectivity index (χ0) is 11.8. The molecule has 0 aromatic carbocycles. The second kappa shape index (κ2) is 3.87. The van der Waals surface area contributed by atoms with Crippen molar-refractivity contribution >= 4 is 5.91 Å². The fourth-order valence-electron chi connectivity index (χ4n) is 1.94. The maximum atomic E-state index is 12.0. The summed E-state index contributed by atoms with van der Waals surface area (Å²) in [6, 6.07) is 5.39. The van der Waals surface area contributed by atoms with Crippen LogP contribution in [-0.4, -0.2) is 39.6 Å². The standard InChI is InChI=1S/C12H16N2O2/c1-9-4-3-5-10(13-9)11(15)14-7-6-12(2,16)8-14/h3-5,16H,6-8H2,1-2H3. The van der Waals surface area contributed by atoms with Crippen molar-refractivity contribution in [3.8, 4) is 0 Å². The molecule has 0 radical (unpaired) electrons. The topological polar surface area (TPSA) is 53.4 Å². The van der Waals surface area contributed by atoms with Crippen molar-refractivity contribution in [3.05, 3.63) is 29.6 Å². The second-order valence-electron chi connectivity index (χ2n) is 4.64. The van der Waals surface area contributed by atoms with E-state index in [0.717, 1.165) is 5.69 Å². The van der Waals surface area contributed by atoms with Crippen LogP contribution in [0.25, 0.3) is 0 Å². The first kappa shape index (κ1) is 11.1. The third kappa shape index (κ3) is 2.22. The Morgan fingerprint density at radius 3 is 2.88 bits per heavy atom. The molecule has 0 aliphatic carbocycles. The molecule has 1 aliphatic heterocycles. The van der Waals surface area contributed by atoms with Crippen molar-refractivity contribution in [2.24, 2.45) is 0 Å². The molecule has 0 saturated carbocycles. The number of nitrogens with zero attached hydrogens (tertiary/aromatic N) is 2. The van der Waals surface area contributed by atoms with Gasteiger partial charge in [0.1, 0.15) is 5.69 Å². The average Bonchev–Trinajstić information content (AvgIpc) is 2.58. The summed E-state index contributed by atoms with van der Waals surface area (Å²) in [5, 5.41) is 9.80. The number of hydrogen-bond donors (Lipinski definition) is 1. The number of β-amino-alcohol motifs (C(OH)–C–C–N with tert-alkyl or cyclic N) is 1. The van der Waals surface area contributed by atoms with Crippen LogP contribution < -0.4 is 0 Å². The van der Waals surface area contributed by atoms with Crippen LogP contribution in [0.15, 0.2) is 18.2 Å². The molecule has 1 fully saturated rings. The minimum atomic E-state index is -0.751. The van der Waals surface area contributed by atoms with Crippen molar-refractivity contribution in [1.82, 2.24) is 9.88 Å². The molecule has 16 heavy (non-hydrogen) atoms. The largest absolute Gasteiger partial charge is 0.388 e. The molecule has 1 aromatic heterocycles. The minimum absolute atomic E-state index is 0.0959. The number of aliphatic hydroxyl groups is 1. The number of carbonyl (C=O) groups excluding carboxylic acids is 1. The lowest BCUT2D eigenvalue weighted by Crippen LogP contribution is -2.34. The van der Waals surface area contributed by atoms with Crippen LogP contribution in [0.1, 0.15) is 29.5 Å². The maximum absolute atomic E-state index is 12.0. The van der Waals surface area contributed by atoms with Gasteiger partial charge in [0.25, 0.3) is 5.91 Å². The van der Waals surface area contributed by atoms with Gasteiger partial charge in [-0.05, 0) is 32.4 Å². The lowest BCUT2D eigenvalue weighted by Gasteiger charge is -2.18. The van der Waals surface area contributed by atoms with Crippen LogP contribution >= 0.6 is 0 Å². The van der Waals surface area contributed by atoms with Gasteiger partial charge in [0.2, 0.25) is 0 Å². The molecule has 1 unspecified atom stereocenters. The summed E-state index contributed by atoms with van der Waals surface area (Å²) in [4.78, 5) is 17.9. The number of rotatable bonds is 1. The molecule has 86 valence electrons. The fourth-order valence-corrected chi connectivity index (χ4v) is 1.94. The van der Waals surface area contributed by atoms with Gasteiger partial charge in [-0.15, -0.1) is 0 Å². The lowest BCUT2D eigenvalue weighted by atomic mass is 10.1. The predicted octanol–water partition coefficient (Wildman–Crippen LogP) is 0.987. The van der Waals surface area contributed by atoms with E-state index in [2.05, 4.69) is 4.98 Å². The number of carbonyl (C=O) groups is 1. The molecule has 1 saturated heterocycles. The number of likely N-dealkylation sites (tertiary alicyclic amines) is 1. The van der Waals surface area contributed by atoms with E-state index in [9.17, 15) is 9.90 Å². The van der Waals surface area contributed by atoms with Gasteiger partial charge in [-0.2, -0.15) is 0 Å². The summed E-state index contributed by atoms with van der Waals surface area (Å²) in [5.41, 5.74) is 0.536. The Hall–Kier alpha value is -1.42. The van der Waals surface area contributed by atoms with Gasteiger partial charge in [0.05, 0.1) is 5.60 Å². The molecule has 1 aliphatic rings. The Balaban J connectivity index is 2.15. The third-order valence-corrected chi connectivity index (χ3v) is 2.85. The molecule has 1 atom stereocenters. The van der Waals surface area contributed by atoms with E-state index in [1.54, 1.807) is 17.9 Å². The lowest BCUT2D eigenvalue weighted by molar-refractivity contribution is 0.0569. The van der Waals surface area contributed by atoms with E-state index in [1.165, 1.54) is 0 Å². The average molecular weight is 220 g/mol. The Bertz CT molecular complexity index is 415. The highest BCUT2D eigenvalue weighted by molar-refractivity contribution is 5.92. The van der Waals surface area contributed by atoms with Crippen LogP contribution in [0.4, 0.5) is 0 Å². The van der Waals surface area contributed by atoms with Crippen LogP contribution in [0, 0.1) is 6.92 Å². The Labute approximate surface area is 94.9 Å². The SMILES string of the molecule is Cc1cccc(C(=O)N2CCC(C)(O)C2)n1. The van der Waals surface area contributed by atoms with Crippen molar-refractivity contribution in [3.63, 3.8) is 0 Å². The summed E-state index contributed by atoms with van der Waals surface area (Å²) in [6.07, 6.45) is 0.630. The van der Waals surface area contributed by atoms with E-state index in [1.807, 2.05) is 19.1 Å². The van der Waals surface area contributed by atoms with Gasteiger partial charge in [0, 0.05) is 18.8 Å². The molecule has 4 nitrogen and oxygen atoms in total. The van der Waals surface area contributed by atoms with Gasteiger partial charge in [-0.25, -0.2) is 4.98 Å². The molecule has 1 aromatic rings.